The number of anilines is 4. The fourth-order valence-electron chi connectivity index (χ4n) is 2.90. The van der Waals surface area contributed by atoms with Crippen molar-refractivity contribution in [2.24, 2.45) is 0 Å². The van der Waals surface area contributed by atoms with Crippen molar-refractivity contribution in [2.45, 2.75) is 0 Å². The molecular weight excluding hydrogens is 424 g/mol. The summed E-state index contributed by atoms with van der Waals surface area (Å²) in [6, 6.07) is 9.04. The molecule has 0 fully saturated rings. The molecule has 0 bridgehead atoms. The van der Waals surface area contributed by atoms with Crippen LogP contribution in [0.1, 0.15) is 20.7 Å². The van der Waals surface area contributed by atoms with Gasteiger partial charge in [-0.3, -0.25) is 18.7 Å². The summed E-state index contributed by atoms with van der Waals surface area (Å²) in [4.78, 5) is 25.5. The van der Waals surface area contributed by atoms with Crippen molar-refractivity contribution in [1.29, 1.82) is 0 Å². The first-order chi connectivity index (χ1) is 14.7. The summed E-state index contributed by atoms with van der Waals surface area (Å²) < 4.78 is 20.9. The molecule has 0 amide bonds. The van der Waals surface area contributed by atoms with Gasteiger partial charge < -0.3 is 32.3 Å². The lowest BCUT2D eigenvalue weighted by Crippen LogP contribution is -2.23. The molecule has 170 valence electrons. The van der Waals surface area contributed by atoms with Crippen LogP contribution in [0.2, 0.25) is 0 Å². The molecule has 2 aromatic carbocycles. The van der Waals surface area contributed by atoms with E-state index in [1.807, 2.05) is 0 Å². The van der Waals surface area contributed by atoms with Crippen LogP contribution in [0.15, 0.2) is 36.4 Å². The number of carbonyl (C=O) groups is 2. The van der Waals surface area contributed by atoms with Crippen LogP contribution in [0.3, 0.4) is 0 Å². The van der Waals surface area contributed by atoms with Crippen molar-refractivity contribution < 1.29 is 28.9 Å². The Labute approximate surface area is 181 Å². The Morgan fingerprint density at radius 2 is 1.16 bits per heavy atom. The Morgan fingerprint density at radius 3 is 1.52 bits per heavy atom. The second kappa shape index (κ2) is 11.0. The van der Waals surface area contributed by atoms with Crippen LogP contribution < -0.4 is 22.1 Å². The molecule has 2 aromatic rings. The van der Waals surface area contributed by atoms with Crippen molar-refractivity contribution in [1.82, 2.24) is 0 Å². The zero-order valence-corrected chi connectivity index (χ0v) is 17.7. The van der Waals surface area contributed by atoms with E-state index in [1.165, 1.54) is 12.1 Å². The molecule has 31 heavy (non-hydrogen) atoms. The van der Waals surface area contributed by atoms with Crippen molar-refractivity contribution in [3.63, 3.8) is 0 Å². The molecule has 10 N–H and O–H groups in total. The highest BCUT2D eigenvalue weighted by molar-refractivity contribution is 8.25. The van der Waals surface area contributed by atoms with Gasteiger partial charge in [-0.05, 0) is 36.4 Å². The number of hydrogen-bond acceptors (Lipinski definition) is 10. The molecule has 0 atom stereocenters. The van der Waals surface area contributed by atoms with Gasteiger partial charge in [0.2, 0.25) is 0 Å². The van der Waals surface area contributed by atoms with E-state index in [0.29, 0.717) is 22.7 Å². The van der Waals surface area contributed by atoms with E-state index in [0.717, 1.165) is 0 Å². The molecule has 0 aromatic heterocycles. The molecule has 0 saturated carbocycles. The van der Waals surface area contributed by atoms with Crippen molar-refractivity contribution in [3.05, 3.63) is 47.5 Å². The van der Waals surface area contributed by atoms with E-state index < -0.39 is 33.7 Å². The summed E-state index contributed by atoms with van der Waals surface area (Å²) in [5.41, 5.74) is 13.2. The van der Waals surface area contributed by atoms with Crippen LogP contribution >= 0.6 is 10.6 Å². The van der Waals surface area contributed by atoms with Crippen molar-refractivity contribution in [3.8, 4) is 0 Å². The summed E-state index contributed by atoms with van der Waals surface area (Å²) in [6.45, 7) is 0.0685. The van der Waals surface area contributed by atoms with Crippen LogP contribution in [0, 0.1) is 0 Å². The largest absolute Gasteiger partial charge is 0.399 e. The molecule has 0 unspecified atom stereocenters. The highest BCUT2D eigenvalue weighted by Gasteiger charge is 2.26. The van der Waals surface area contributed by atoms with E-state index in [9.17, 15) is 18.7 Å². The predicted molar refractivity (Wildman–Crippen MR) is 124 cm³/mol. The van der Waals surface area contributed by atoms with E-state index >= 15 is 0 Å². The maximum absolute atomic E-state index is 12.7. The average molecular weight is 453 g/mol. The van der Waals surface area contributed by atoms with Gasteiger partial charge in [0.05, 0.1) is 13.2 Å². The topological polar surface area (TPSA) is 191 Å². The summed E-state index contributed by atoms with van der Waals surface area (Å²) in [6.07, 6.45) is 0. The summed E-state index contributed by atoms with van der Waals surface area (Å²) in [7, 11) is -3.61. The van der Waals surface area contributed by atoms with Gasteiger partial charge in [0, 0.05) is 47.0 Å². The first kappa shape index (κ1) is 24.4. The van der Waals surface area contributed by atoms with Gasteiger partial charge in [-0.2, -0.15) is 10.6 Å². The van der Waals surface area contributed by atoms with Crippen molar-refractivity contribution in [2.75, 3.05) is 59.9 Å². The van der Waals surface area contributed by atoms with Gasteiger partial charge >= 0.3 is 0 Å². The van der Waals surface area contributed by atoms with Crippen LogP contribution in [0.4, 0.5) is 22.7 Å². The summed E-state index contributed by atoms with van der Waals surface area (Å²) >= 11 is 0. The molecule has 2 rings (SSSR count). The van der Waals surface area contributed by atoms with Gasteiger partial charge in [-0.15, -0.1) is 0 Å². The lowest BCUT2D eigenvalue weighted by Gasteiger charge is -2.31. The second-order valence-electron chi connectivity index (χ2n) is 6.85. The van der Waals surface area contributed by atoms with Crippen LogP contribution in [0.25, 0.3) is 0 Å². The third kappa shape index (κ3) is 7.12. The van der Waals surface area contributed by atoms with Gasteiger partial charge in [0.1, 0.15) is 11.5 Å². The van der Waals surface area contributed by atoms with E-state index in [-0.39, 0.29) is 37.4 Å². The molecular formula is C20H28N4O6S. The Kier molecular flexibility index (Phi) is 8.65. The molecule has 0 saturated heterocycles. The number of ketones is 2. The number of carbonyl (C=O) groups excluding carboxylic acids is 2. The Bertz CT molecular complexity index is 864. The predicted octanol–water partition coefficient (Wildman–Crippen LogP) is 1.48. The minimum absolute atomic E-state index is 0.134. The van der Waals surface area contributed by atoms with Crippen molar-refractivity contribution >= 4 is 44.9 Å². The lowest BCUT2D eigenvalue weighted by atomic mass is 10.1. The average Bonchev–Trinajstić information content (AvgIpc) is 2.71. The van der Waals surface area contributed by atoms with Gasteiger partial charge in [-0.25, -0.2) is 0 Å². The van der Waals surface area contributed by atoms with Gasteiger partial charge in [-0.1, -0.05) is 0 Å². The minimum atomic E-state index is -3.61. The summed E-state index contributed by atoms with van der Waals surface area (Å²) in [5, 5.41) is 23.7. The molecule has 0 aliphatic carbocycles. The normalized spacial score (nSPS) is 11.7. The molecule has 0 aliphatic rings. The minimum Gasteiger partial charge on any atom is -0.399 e. The number of aliphatic hydroxyl groups excluding tert-OH is 2. The zero-order chi connectivity index (χ0) is 23.0. The third-order valence-electron chi connectivity index (χ3n) is 4.27. The Hall–Kier alpha value is -2.83. The van der Waals surface area contributed by atoms with E-state index in [4.69, 9.17) is 21.7 Å². The highest BCUT2D eigenvalue weighted by atomic mass is 32.3. The number of hydrogen-bond donors (Lipinski definition) is 8. The second-order valence-corrected chi connectivity index (χ2v) is 9.03. The number of aliphatic hydroxyl groups is 2. The maximum Gasteiger partial charge on any atom is 0.183 e. The first-order valence-electron chi connectivity index (χ1n) is 9.45. The monoisotopic (exact) mass is 452 g/mol. The molecule has 0 radical (unpaired) electrons. The molecule has 11 heteroatoms. The van der Waals surface area contributed by atoms with Gasteiger partial charge in [0.25, 0.3) is 0 Å². The smallest absolute Gasteiger partial charge is 0.183 e. The summed E-state index contributed by atoms with van der Waals surface area (Å²) in [5.74, 6) is -2.55. The first-order valence-corrected chi connectivity index (χ1v) is 11.3. The number of rotatable bonds is 12. The number of nitrogens with one attached hydrogen (secondary N) is 2. The SMILES string of the molecule is Nc1ccc(NCCO)c(C(=O)CS(O)(O)CC(=O)c2cc(N)ccc2NCCO)c1. The van der Waals surface area contributed by atoms with Crippen LogP contribution in [-0.4, -0.2) is 68.7 Å². The molecule has 0 aliphatic heterocycles. The quantitative estimate of drug-likeness (QED) is 0.173. The fraction of sp³-hybridized carbons (Fsp3) is 0.300. The lowest BCUT2D eigenvalue weighted by molar-refractivity contribution is 0.101. The number of nitrogens with two attached hydrogens (primary N) is 2. The van der Waals surface area contributed by atoms with Gasteiger partial charge in [0.15, 0.2) is 11.6 Å². The standard InChI is InChI=1S/C20H28N4O6S/c21-13-1-3-17(23-5-7-25)15(9-13)19(27)11-31(29,30)12-20(28)16-10-14(22)2-4-18(16)24-6-8-26/h1-4,9-10,23-26,29-30H,5-8,11-12,21-22H2. The third-order valence-corrected chi connectivity index (χ3v) is 5.72. The molecule has 0 heterocycles. The van der Waals surface area contributed by atoms with E-state index in [1.54, 1.807) is 24.3 Å². The number of benzene rings is 2. The zero-order valence-electron chi connectivity index (χ0n) is 16.9. The molecule has 0 spiro atoms. The molecule has 10 nitrogen and oxygen atoms in total. The van der Waals surface area contributed by atoms with Crippen LogP contribution in [-0.2, 0) is 0 Å². The number of Topliss-reactive ketones (excluding diaryl/α,β-unsaturated/α-hetero) is 2. The fourth-order valence-corrected chi connectivity index (χ4v) is 4.15. The van der Waals surface area contributed by atoms with E-state index in [2.05, 4.69) is 10.6 Å². The Balaban J connectivity index is 2.18. The maximum atomic E-state index is 12.7. The Morgan fingerprint density at radius 1 is 0.774 bits per heavy atom. The number of nitrogen functional groups attached to an aromatic ring is 2. The highest BCUT2D eigenvalue weighted by Crippen LogP contribution is 2.41. The van der Waals surface area contributed by atoms with Crippen LogP contribution in [0.5, 0.6) is 0 Å².